The van der Waals surface area contributed by atoms with Crippen LogP contribution in [0.25, 0.3) is 0 Å². The minimum Gasteiger partial charge on any atom is -0.464 e. The molecule has 2 heterocycles. The standard InChI is InChI=1S/C10H15N5O/c1-7-4-5-8(16-7)6-15(3)10-12-9(11-2)13-14-10/h4-5H,6H2,1-3H3,(H2,11,12,13,14). The molecule has 86 valence electrons. The monoisotopic (exact) mass is 221 g/mol. The predicted molar refractivity (Wildman–Crippen MR) is 61.5 cm³/mol. The minimum absolute atomic E-state index is 0.637. The number of aromatic nitrogens is 3. The number of rotatable bonds is 4. The first-order valence-electron chi connectivity index (χ1n) is 5.05. The summed E-state index contributed by atoms with van der Waals surface area (Å²) in [5.74, 6) is 3.10. The zero-order valence-electron chi connectivity index (χ0n) is 9.61. The van der Waals surface area contributed by atoms with Crippen molar-refractivity contribution in [1.82, 2.24) is 15.2 Å². The summed E-state index contributed by atoms with van der Waals surface area (Å²) in [5.41, 5.74) is 0. The number of aryl methyl sites for hydroxylation is 1. The highest BCUT2D eigenvalue weighted by Crippen LogP contribution is 2.13. The van der Waals surface area contributed by atoms with E-state index in [4.69, 9.17) is 4.42 Å². The number of nitrogens with zero attached hydrogens (tertiary/aromatic N) is 3. The molecule has 0 spiro atoms. The fourth-order valence-electron chi connectivity index (χ4n) is 1.41. The highest BCUT2D eigenvalue weighted by Gasteiger charge is 2.09. The van der Waals surface area contributed by atoms with E-state index in [-0.39, 0.29) is 0 Å². The normalized spacial score (nSPS) is 10.4. The van der Waals surface area contributed by atoms with Crippen LogP contribution in [0, 0.1) is 6.92 Å². The van der Waals surface area contributed by atoms with Gasteiger partial charge in [0.15, 0.2) is 0 Å². The molecule has 16 heavy (non-hydrogen) atoms. The summed E-state index contributed by atoms with van der Waals surface area (Å²) < 4.78 is 5.49. The number of hydrogen-bond donors (Lipinski definition) is 2. The molecule has 0 unspecified atom stereocenters. The zero-order valence-corrected chi connectivity index (χ0v) is 9.61. The molecule has 0 saturated carbocycles. The summed E-state index contributed by atoms with van der Waals surface area (Å²) in [4.78, 5) is 6.15. The summed E-state index contributed by atoms with van der Waals surface area (Å²) in [5, 5.41) is 9.75. The lowest BCUT2D eigenvalue weighted by molar-refractivity contribution is 0.480. The number of hydrogen-bond acceptors (Lipinski definition) is 5. The van der Waals surface area contributed by atoms with Crippen LogP contribution in [0.5, 0.6) is 0 Å². The molecule has 0 aliphatic rings. The van der Waals surface area contributed by atoms with E-state index in [0.717, 1.165) is 11.5 Å². The Bertz CT molecular complexity index is 461. The maximum Gasteiger partial charge on any atom is 0.246 e. The molecule has 0 aromatic carbocycles. The lowest BCUT2D eigenvalue weighted by atomic mass is 10.4. The van der Waals surface area contributed by atoms with Crippen LogP contribution >= 0.6 is 0 Å². The Morgan fingerprint density at radius 2 is 2.31 bits per heavy atom. The van der Waals surface area contributed by atoms with E-state index in [2.05, 4.69) is 20.5 Å². The van der Waals surface area contributed by atoms with E-state index in [0.29, 0.717) is 18.4 Å². The first-order chi connectivity index (χ1) is 7.69. The van der Waals surface area contributed by atoms with E-state index in [1.165, 1.54) is 0 Å². The first kappa shape index (κ1) is 10.5. The fourth-order valence-corrected chi connectivity index (χ4v) is 1.41. The van der Waals surface area contributed by atoms with Crippen LogP contribution in [-0.2, 0) is 6.54 Å². The summed E-state index contributed by atoms with van der Waals surface area (Å²) >= 11 is 0. The van der Waals surface area contributed by atoms with Crippen molar-refractivity contribution in [2.24, 2.45) is 0 Å². The van der Waals surface area contributed by atoms with Gasteiger partial charge in [-0.1, -0.05) is 0 Å². The number of aromatic amines is 1. The summed E-state index contributed by atoms with van der Waals surface area (Å²) in [6.45, 7) is 2.57. The molecular weight excluding hydrogens is 206 g/mol. The van der Waals surface area contributed by atoms with Gasteiger partial charge >= 0.3 is 0 Å². The molecule has 0 amide bonds. The molecule has 0 fully saturated rings. The molecule has 0 aliphatic carbocycles. The van der Waals surface area contributed by atoms with Gasteiger partial charge in [0.25, 0.3) is 0 Å². The molecule has 0 bridgehead atoms. The Morgan fingerprint density at radius 3 is 2.88 bits per heavy atom. The Kier molecular flexibility index (Phi) is 2.80. The summed E-state index contributed by atoms with van der Waals surface area (Å²) in [6, 6.07) is 3.90. The van der Waals surface area contributed by atoms with Crippen LogP contribution in [0.1, 0.15) is 11.5 Å². The maximum absolute atomic E-state index is 5.49. The van der Waals surface area contributed by atoms with Crippen LogP contribution in [-0.4, -0.2) is 29.3 Å². The van der Waals surface area contributed by atoms with Gasteiger partial charge in [0.1, 0.15) is 11.5 Å². The van der Waals surface area contributed by atoms with E-state index in [1.807, 2.05) is 31.0 Å². The third-order valence-corrected chi connectivity index (χ3v) is 2.24. The van der Waals surface area contributed by atoms with Crippen LogP contribution in [0.15, 0.2) is 16.5 Å². The number of H-pyrrole nitrogens is 1. The quantitative estimate of drug-likeness (QED) is 0.816. The highest BCUT2D eigenvalue weighted by molar-refractivity contribution is 5.35. The Balaban J connectivity index is 2.05. The van der Waals surface area contributed by atoms with Crippen molar-refractivity contribution in [1.29, 1.82) is 0 Å². The molecule has 6 heteroatoms. The average Bonchev–Trinajstić information content (AvgIpc) is 2.87. The van der Waals surface area contributed by atoms with E-state index in [9.17, 15) is 0 Å². The van der Waals surface area contributed by atoms with Crippen molar-refractivity contribution < 1.29 is 4.42 Å². The lowest BCUT2D eigenvalue weighted by Crippen LogP contribution is -2.17. The maximum atomic E-state index is 5.49. The fraction of sp³-hybridized carbons (Fsp3) is 0.400. The van der Waals surface area contributed by atoms with Gasteiger partial charge in [-0.25, -0.2) is 5.10 Å². The van der Waals surface area contributed by atoms with E-state index in [1.54, 1.807) is 7.05 Å². The largest absolute Gasteiger partial charge is 0.464 e. The third kappa shape index (κ3) is 2.16. The van der Waals surface area contributed by atoms with E-state index < -0.39 is 0 Å². The molecule has 0 aliphatic heterocycles. The second kappa shape index (κ2) is 4.26. The van der Waals surface area contributed by atoms with Gasteiger partial charge in [-0.3, -0.25) is 0 Å². The van der Waals surface area contributed by atoms with Gasteiger partial charge in [-0.15, -0.1) is 5.10 Å². The van der Waals surface area contributed by atoms with Crippen molar-refractivity contribution in [3.8, 4) is 0 Å². The lowest BCUT2D eigenvalue weighted by Gasteiger charge is -2.12. The Hall–Kier alpha value is -1.98. The average molecular weight is 221 g/mol. The molecule has 2 N–H and O–H groups in total. The van der Waals surface area contributed by atoms with Crippen molar-refractivity contribution in [3.05, 3.63) is 23.7 Å². The highest BCUT2D eigenvalue weighted by atomic mass is 16.3. The van der Waals surface area contributed by atoms with Gasteiger partial charge in [-0.2, -0.15) is 4.98 Å². The van der Waals surface area contributed by atoms with Crippen molar-refractivity contribution in [2.45, 2.75) is 13.5 Å². The molecule has 2 aromatic heterocycles. The second-order valence-electron chi connectivity index (χ2n) is 3.60. The van der Waals surface area contributed by atoms with Crippen molar-refractivity contribution >= 4 is 11.9 Å². The summed E-state index contributed by atoms with van der Waals surface area (Å²) in [7, 11) is 3.71. The first-order valence-corrected chi connectivity index (χ1v) is 5.05. The molecule has 2 rings (SSSR count). The Morgan fingerprint density at radius 1 is 1.50 bits per heavy atom. The molecule has 0 radical (unpaired) electrons. The molecule has 0 saturated heterocycles. The molecule has 2 aromatic rings. The van der Waals surface area contributed by atoms with Crippen LogP contribution < -0.4 is 10.2 Å². The number of furan rings is 1. The van der Waals surface area contributed by atoms with Gasteiger partial charge in [0.2, 0.25) is 11.9 Å². The van der Waals surface area contributed by atoms with Crippen LogP contribution in [0.3, 0.4) is 0 Å². The van der Waals surface area contributed by atoms with Crippen LogP contribution in [0.4, 0.5) is 11.9 Å². The third-order valence-electron chi connectivity index (χ3n) is 2.24. The van der Waals surface area contributed by atoms with Gasteiger partial charge in [0, 0.05) is 14.1 Å². The number of nitrogens with one attached hydrogen (secondary N) is 2. The molecule has 6 nitrogen and oxygen atoms in total. The van der Waals surface area contributed by atoms with Crippen molar-refractivity contribution in [2.75, 3.05) is 24.3 Å². The van der Waals surface area contributed by atoms with Gasteiger partial charge in [0.05, 0.1) is 6.54 Å². The van der Waals surface area contributed by atoms with Crippen LogP contribution in [0.2, 0.25) is 0 Å². The zero-order chi connectivity index (χ0) is 11.5. The Labute approximate surface area is 93.7 Å². The summed E-state index contributed by atoms with van der Waals surface area (Å²) in [6.07, 6.45) is 0. The number of anilines is 2. The van der Waals surface area contributed by atoms with E-state index >= 15 is 0 Å². The SMILES string of the molecule is CNc1nc(N(C)Cc2ccc(C)o2)n[nH]1. The predicted octanol–water partition coefficient (Wildman–Crippen LogP) is 1.38. The van der Waals surface area contributed by atoms with Gasteiger partial charge in [-0.05, 0) is 19.1 Å². The van der Waals surface area contributed by atoms with Crippen molar-refractivity contribution in [3.63, 3.8) is 0 Å². The minimum atomic E-state index is 0.637. The topological polar surface area (TPSA) is 70.0 Å². The smallest absolute Gasteiger partial charge is 0.246 e. The molecule has 0 atom stereocenters. The second-order valence-corrected chi connectivity index (χ2v) is 3.60. The molecular formula is C10H15N5O. The van der Waals surface area contributed by atoms with Gasteiger partial charge < -0.3 is 14.6 Å².